The van der Waals surface area contributed by atoms with Crippen molar-refractivity contribution in [2.75, 3.05) is 0 Å². The lowest BCUT2D eigenvalue weighted by Crippen LogP contribution is -2.26. The lowest BCUT2D eigenvalue weighted by atomic mass is 10.2. The predicted molar refractivity (Wildman–Crippen MR) is 96.0 cm³/mol. The summed E-state index contributed by atoms with van der Waals surface area (Å²) in [7, 11) is 0. The van der Waals surface area contributed by atoms with Crippen LogP contribution in [-0.2, 0) is 13.2 Å². The van der Waals surface area contributed by atoms with Gasteiger partial charge in [0.15, 0.2) is 5.65 Å². The number of aryl methyl sites for hydroxylation is 2. The summed E-state index contributed by atoms with van der Waals surface area (Å²) < 4.78 is 7.99. The van der Waals surface area contributed by atoms with Gasteiger partial charge in [0.1, 0.15) is 23.7 Å². The summed E-state index contributed by atoms with van der Waals surface area (Å²) in [5.41, 5.74) is 10.2. The molecule has 2 aromatic heterocycles. The number of ether oxygens (including phenoxy) is 1. The molecule has 0 radical (unpaired) electrons. The van der Waals surface area contributed by atoms with E-state index in [1.807, 2.05) is 43.5 Å². The molecule has 0 aliphatic heterocycles. The highest BCUT2D eigenvalue weighted by Crippen LogP contribution is 2.19. The fourth-order valence-corrected chi connectivity index (χ4v) is 2.61. The van der Waals surface area contributed by atoms with E-state index in [1.165, 1.54) is 5.56 Å². The summed E-state index contributed by atoms with van der Waals surface area (Å²) in [5, 5.41) is 0. The van der Waals surface area contributed by atoms with Gasteiger partial charge in [0.2, 0.25) is 0 Å². The lowest BCUT2D eigenvalue weighted by Gasteiger charge is -2.14. The topological polar surface area (TPSA) is 66.0 Å². The van der Waals surface area contributed by atoms with Crippen LogP contribution in [0, 0.1) is 13.8 Å². The molecule has 0 aliphatic rings. The van der Waals surface area contributed by atoms with Gasteiger partial charge in [-0.3, -0.25) is 0 Å². The Labute approximate surface area is 142 Å². The van der Waals surface area contributed by atoms with Gasteiger partial charge in [-0.2, -0.15) is 0 Å². The largest absolute Gasteiger partial charge is 0.486 e. The van der Waals surface area contributed by atoms with Crippen LogP contribution < -0.4 is 10.5 Å². The zero-order valence-electron chi connectivity index (χ0n) is 14.5. The third-order valence-electron chi connectivity index (χ3n) is 4.13. The van der Waals surface area contributed by atoms with Crippen LogP contribution >= 0.6 is 0 Å². The highest BCUT2D eigenvalue weighted by atomic mass is 16.5. The fraction of sp³-hybridized carbons (Fsp3) is 0.368. The molecule has 0 saturated carbocycles. The van der Waals surface area contributed by atoms with Gasteiger partial charge in [0.05, 0.1) is 0 Å². The molecule has 2 N–H and O–H groups in total. The molecule has 0 fully saturated rings. The number of hydrogen-bond acceptors (Lipinski definition) is 4. The van der Waals surface area contributed by atoms with Crippen LogP contribution in [0.25, 0.3) is 11.2 Å². The predicted octanol–water partition coefficient (Wildman–Crippen LogP) is 3.36. The summed E-state index contributed by atoms with van der Waals surface area (Å²) in [5.74, 6) is 1.69. The van der Waals surface area contributed by atoms with E-state index in [4.69, 9.17) is 15.5 Å². The van der Waals surface area contributed by atoms with Crippen molar-refractivity contribution in [1.82, 2.24) is 14.5 Å². The molecule has 3 aromatic rings. The number of fused-ring (bicyclic) bond motifs is 1. The zero-order valence-corrected chi connectivity index (χ0v) is 14.5. The second-order valence-electron chi connectivity index (χ2n) is 6.26. The minimum atomic E-state index is 0.0728. The van der Waals surface area contributed by atoms with Crippen molar-refractivity contribution in [3.05, 3.63) is 53.5 Å². The normalized spacial score (nSPS) is 12.5. The second-order valence-corrected chi connectivity index (χ2v) is 6.26. The third kappa shape index (κ3) is 3.57. The van der Waals surface area contributed by atoms with Gasteiger partial charge >= 0.3 is 0 Å². The summed E-state index contributed by atoms with van der Waals surface area (Å²) in [4.78, 5) is 9.26. The van der Waals surface area contributed by atoms with Crippen LogP contribution in [-0.4, -0.2) is 20.6 Å². The van der Waals surface area contributed by atoms with Crippen LogP contribution in [0.2, 0.25) is 0 Å². The monoisotopic (exact) mass is 324 g/mol. The van der Waals surface area contributed by atoms with Gasteiger partial charge in [-0.05, 0) is 44.0 Å². The van der Waals surface area contributed by atoms with Crippen molar-refractivity contribution < 1.29 is 4.74 Å². The standard InChI is InChI=1S/C19H24N4O/c1-4-15(20)11-23-18(12-24-16-7-5-13(2)6-8-16)22-17-9-14(3)10-21-19(17)23/h5-10,15H,4,11-12,20H2,1-3H3. The molecule has 5 heteroatoms. The first kappa shape index (κ1) is 16.5. The first-order valence-electron chi connectivity index (χ1n) is 8.33. The smallest absolute Gasteiger partial charge is 0.160 e. The van der Waals surface area contributed by atoms with E-state index in [9.17, 15) is 0 Å². The van der Waals surface area contributed by atoms with Crippen molar-refractivity contribution in [3.63, 3.8) is 0 Å². The quantitative estimate of drug-likeness (QED) is 0.755. The van der Waals surface area contributed by atoms with E-state index < -0.39 is 0 Å². The SMILES string of the molecule is CCC(N)Cn1c(COc2ccc(C)cc2)nc2cc(C)cnc21. The number of rotatable bonds is 6. The Balaban J connectivity index is 1.89. The fourth-order valence-electron chi connectivity index (χ4n) is 2.61. The average molecular weight is 324 g/mol. The van der Waals surface area contributed by atoms with Gasteiger partial charge in [-0.25, -0.2) is 9.97 Å². The molecule has 0 saturated heterocycles. The Kier molecular flexibility index (Phi) is 4.81. The summed E-state index contributed by atoms with van der Waals surface area (Å²) in [6.07, 6.45) is 2.77. The summed E-state index contributed by atoms with van der Waals surface area (Å²) in [6, 6.07) is 10.1. The Morgan fingerprint density at radius 1 is 1.17 bits per heavy atom. The number of benzene rings is 1. The molecule has 5 nitrogen and oxygen atoms in total. The third-order valence-corrected chi connectivity index (χ3v) is 4.13. The molecule has 0 aliphatic carbocycles. The second kappa shape index (κ2) is 7.01. The van der Waals surface area contributed by atoms with Crippen LogP contribution in [0.4, 0.5) is 0 Å². The van der Waals surface area contributed by atoms with E-state index in [0.29, 0.717) is 13.2 Å². The minimum absolute atomic E-state index is 0.0728. The molecule has 1 aromatic carbocycles. The molecule has 24 heavy (non-hydrogen) atoms. The van der Waals surface area contributed by atoms with Crippen molar-refractivity contribution in [2.45, 2.75) is 46.4 Å². The molecule has 0 spiro atoms. The first-order chi connectivity index (χ1) is 11.6. The number of nitrogens with zero attached hydrogens (tertiary/aromatic N) is 3. The Bertz CT molecular complexity index is 823. The van der Waals surface area contributed by atoms with Crippen LogP contribution in [0.5, 0.6) is 5.75 Å². The van der Waals surface area contributed by atoms with E-state index in [1.54, 1.807) is 0 Å². The van der Waals surface area contributed by atoms with Gasteiger partial charge in [-0.15, -0.1) is 0 Å². The first-order valence-corrected chi connectivity index (χ1v) is 8.33. The Morgan fingerprint density at radius 2 is 1.92 bits per heavy atom. The van der Waals surface area contributed by atoms with Crippen LogP contribution in [0.15, 0.2) is 36.5 Å². The Hall–Kier alpha value is -2.40. The number of pyridine rings is 1. The van der Waals surface area contributed by atoms with Gasteiger partial charge < -0.3 is 15.0 Å². The number of aromatic nitrogens is 3. The van der Waals surface area contributed by atoms with Gasteiger partial charge in [0, 0.05) is 18.8 Å². The van der Waals surface area contributed by atoms with Crippen molar-refractivity contribution in [2.24, 2.45) is 5.73 Å². The lowest BCUT2D eigenvalue weighted by molar-refractivity contribution is 0.288. The molecule has 2 heterocycles. The van der Waals surface area contributed by atoms with Crippen LogP contribution in [0.3, 0.4) is 0 Å². The Morgan fingerprint density at radius 3 is 2.62 bits per heavy atom. The van der Waals surface area contributed by atoms with E-state index in [0.717, 1.165) is 34.7 Å². The molecule has 126 valence electrons. The summed E-state index contributed by atoms with van der Waals surface area (Å²) in [6.45, 7) is 7.25. The molecule has 1 atom stereocenters. The number of imidazole rings is 1. The van der Waals surface area contributed by atoms with Crippen molar-refractivity contribution >= 4 is 11.2 Å². The molecule has 0 amide bonds. The zero-order chi connectivity index (χ0) is 17.1. The highest BCUT2D eigenvalue weighted by Gasteiger charge is 2.15. The van der Waals surface area contributed by atoms with E-state index >= 15 is 0 Å². The molecule has 1 unspecified atom stereocenters. The molecule has 0 bridgehead atoms. The van der Waals surface area contributed by atoms with E-state index in [-0.39, 0.29) is 6.04 Å². The van der Waals surface area contributed by atoms with Gasteiger partial charge in [0.25, 0.3) is 0 Å². The maximum atomic E-state index is 6.16. The van der Waals surface area contributed by atoms with Crippen molar-refractivity contribution in [1.29, 1.82) is 0 Å². The average Bonchev–Trinajstić information content (AvgIpc) is 2.91. The van der Waals surface area contributed by atoms with Crippen LogP contribution in [0.1, 0.15) is 30.3 Å². The minimum Gasteiger partial charge on any atom is -0.486 e. The molecular weight excluding hydrogens is 300 g/mol. The van der Waals surface area contributed by atoms with E-state index in [2.05, 4.69) is 23.4 Å². The number of nitrogens with two attached hydrogens (primary N) is 1. The number of hydrogen-bond donors (Lipinski definition) is 1. The maximum absolute atomic E-state index is 6.16. The van der Waals surface area contributed by atoms with Crippen molar-refractivity contribution in [3.8, 4) is 5.75 Å². The summed E-state index contributed by atoms with van der Waals surface area (Å²) >= 11 is 0. The van der Waals surface area contributed by atoms with Gasteiger partial charge in [-0.1, -0.05) is 24.6 Å². The highest BCUT2D eigenvalue weighted by molar-refractivity contribution is 5.72. The maximum Gasteiger partial charge on any atom is 0.160 e. The molecular formula is C19H24N4O. The molecule has 3 rings (SSSR count).